The maximum Gasteiger partial charge on any atom is 0.331 e. The van der Waals surface area contributed by atoms with Crippen LogP contribution in [0.4, 0.5) is 5.69 Å². The number of hydrogen-bond acceptors (Lipinski definition) is 8. The van der Waals surface area contributed by atoms with Crippen LogP contribution in [0.25, 0.3) is 10.9 Å². The number of anilines is 1. The van der Waals surface area contributed by atoms with Crippen LogP contribution in [0.1, 0.15) is 31.9 Å². The third kappa shape index (κ3) is 7.33. The first-order valence-electron chi connectivity index (χ1n) is 14.1. The van der Waals surface area contributed by atoms with Crippen LogP contribution >= 0.6 is 0 Å². The lowest BCUT2D eigenvalue weighted by atomic mass is 10.0. The van der Waals surface area contributed by atoms with Gasteiger partial charge in [0.25, 0.3) is 0 Å². The zero-order chi connectivity index (χ0) is 29.5. The second-order valence-corrected chi connectivity index (χ2v) is 11.3. The third-order valence-corrected chi connectivity index (χ3v) is 6.94. The van der Waals surface area contributed by atoms with Crippen LogP contribution < -0.4 is 5.32 Å². The molecular formula is C34H38N2O6. The van der Waals surface area contributed by atoms with Crippen molar-refractivity contribution in [3.8, 4) is 0 Å². The number of carbonyl (C=O) groups is 1. The first-order valence-corrected chi connectivity index (χ1v) is 14.1. The molecular weight excluding hydrogens is 532 g/mol. The molecule has 3 aromatic carbocycles. The van der Waals surface area contributed by atoms with E-state index in [4.69, 9.17) is 23.7 Å². The number of hydrogen-bond donors (Lipinski definition) is 1. The Labute approximate surface area is 246 Å². The van der Waals surface area contributed by atoms with Gasteiger partial charge in [0, 0.05) is 18.7 Å². The number of nitrogens with one attached hydrogen (secondary N) is 1. The van der Waals surface area contributed by atoms with Gasteiger partial charge in [-0.25, -0.2) is 4.79 Å². The molecule has 4 aromatic rings. The highest BCUT2D eigenvalue weighted by Crippen LogP contribution is 2.34. The topological polar surface area (TPSA) is 88.1 Å². The fraction of sp³-hybridized carbons (Fsp3) is 0.353. The van der Waals surface area contributed by atoms with Crippen LogP contribution in [0.3, 0.4) is 0 Å². The van der Waals surface area contributed by atoms with E-state index >= 15 is 0 Å². The van der Waals surface area contributed by atoms with Crippen LogP contribution in [0.5, 0.6) is 0 Å². The van der Waals surface area contributed by atoms with Crippen molar-refractivity contribution in [1.82, 2.24) is 4.98 Å². The fourth-order valence-corrected chi connectivity index (χ4v) is 5.03. The monoisotopic (exact) mass is 570 g/mol. The van der Waals surface area contributed by atoms with Gasteiger partial charge in [-0.1, -0.05) is 78.9 Å². The number of para-hydroxylation sites is 1. The average molecular weight is 571 g/mol. The number of aromatic nitrogens is 1. The Morgan fingerprint density at radius 1 is 0.857 bits per heavy atom. The van der Waals surface area contributed by atoms with E-state index in [2.05, 4.69) is 10.3 Å². The second-order valence-electron chi connectivity index (χ2n) is 11.3. The number of carbonyl (C=O) groups excluding carboxylic acids is 1. The number of benzene rings is 3. The first kappa shape index (κ1) is 29.7. The van der Waals surface area contributed by atoms with Crippen LogP contribution in [0, 0.1) is 0 Å². The van der Waals surface area contributed by atoms with Crippen molar-refractivity contribution in [2.24, 2.45) is 0 Å². The molecule has 0 aliphatic carbocycles. The molecule has 0 unspecified atom stereocenters. The van der Waals surface area contributed by atoms with Crippen molar-refractivity contribution in [3.05, 3.63) is 108 Å². The van der Waals surface area contributed by atoms with Crippen molar-refractivity contribution in [3.63, 3.8) is 0 Å². The average Bonchev–Trinajstić information content (AvgIpc) is 3.34. The van der Waals surface area contributed by atoms with Gasteiger partial charge in [0.1, 0.15) is 23.9 Å². The summed E-state index contributed by atoms with van der Waals surface area (Å²) in [6.45, 7) is 6.13. The van der Waals surface area contributed by atoms with E-state index in [1.54, 1.807) is 13.3 Å². The predicted molar refractivity (Wildman–Crippen MR) is 161 cm³/mol. The molecule has 8 heteroatoms. The lowest BCUT2D eigenvalue weighted by Crippen LogP contribution is -2.50. The minimum absolute atomic E-state index is 0.295. The molecule has 5 rings (SSSR count). The number of fused-ring (bicyclic) bond motifs is 1. The number of nitrogens with zero attached hydrogens (tertiary/aromatic N) is 1. The molecule has 1 fully saturated rings. The highest BCUT2D eigenvalue weighted by Gasteiger charge is 2.52. The van der Waals surface area contributed by atoms with Crippen molar-refractivity contribution >= 4 is 22.6 Å². The van der Waals surface area contributed by atoms with Gasteiger partial charge in [-0.2, -0.15) is 0 Å². The van der Waals surface area contributed by atoms with Crippen LogP contribution in [-0.4, -0.2) is 54.3 Å². The second kappa shape index (κ2) is 13.4. The first-order chi connectivity index (χ1) is 20.3. The zero-order valence-electron chi connectivity index (χ0n) is 24.4. The summed E-state index contributed by atoms with van der Waals surface area (Å²) in [7, 11) is 1.56. The van der Waals surface area contributed by atoms with Gasteiger partial charge < -0.3 is 29.0 Å². The maximum absolute atomic E-state index is 13.9. The van der Waals surface area contributed by atoms with E-state index in [-0.39, 0.29) is 0 Å². The van der Waals surface area contributed by atoms with Crippen molar-refractivity contribution in [1.29, 1.82) is 0 Å². The SMILES string of the molecule is CO[C@@H]1O[C@H]([C@H](Nc2cccc3cccnc23)C(=O)OC(C)(C)C)[C@@H](OCc2ccccc2)[C@H]1OCc1ccccc1. The normalized spacial score (nSPS) is 21.2. The van der Waals surface area contributed by atoms with Crippen molar-refractivity contribution in [2.75, 3.05) is 12.4 Å². The summed E-state index contributed by atoms with van der Waals surface area (Å²) in [6, 6.07) is 28.4. The summed E-state index contributed by atoms with van der Waals surface area (Å²) in [4.78, 5) is 18.4. The summed E-state index contributed by atoms with van der Waals surface area (Å²) >= 11 is 0. The smallest absolute Gasteiger partial charge is 0.331 e. The minimum Gasteiger partial charge on any atom is -0.458 e. The van der Waals surface area contributed by atoms with Gasteiger partial charge in [-0.3, -0.25) is 4.98 Å². The number of pyridine rings is 1. The standard InChI is InChI=1S/C34H38N2O6/c1-34(2,3)42-32(37)28(36-26-19-11-17-25-18-12-20-35-27(25)26)29-30(39-21-23-13-7-5-8-14-23)31(33(38-4)41-29)40-22-24-15-9-6-10-16-24/h5-20,28-31,33,36H,21-22H2,1-4H3/t28-,29+,30+,31+,33+/m0/s1. The molecule has 1 aliphatic rings. The van der Waals surface area contributed by atoms with Crippen LogP contribution in [0.15, 0.2) is 97.2 Å². The van der Waals surface area contributed by atoms with Gasteiger partial charge in [0.05, 0.1) is 24.4 Å². The molecule has 1 saturated heterocycles. The molecule has 0 spiro atoms. The minimum atomic E-state index is -0.958. The number of rotatable bonds is 11. The third-order valence-electron chi connectivity index (χ3n) is 6.94. The van der Waals surface area contributed by atoms with Gasteiger partial charge in [-0.05, 0) is 44.0 Å². The largest absolute Gasteiger partial charge is 0.458 e. The lowest BCUT2D eigenvalue weighted by molar-refractivity contribution is -0.174. The van der Waals surface area contributed by atoms with Crippen LogP contribution in [-0.2, 0) is 41.7 Å². The summed E-state index contributed by atoms with van der Waals surface area (Å²) in [5.74, 6) is -0.479. The Balaban J connectivity index is 1.50. The Hall–Kier alpha value is -3.82. The van der Waals surface area contributed by atoms with Crippen molar-refractivity contribution in [2.45, 2.75) is 70.2 Å². The van der Waals surface area contributed by atoms with Gasteiger partial charge in [-0.15, -0.1) is 0 Å². The molecule has 1 aromatic heterocycles. The highest BCUT2D eigenvalue weighted by atomic mass is 16.7. The molecule has 1 N–H and O–H groups in total. The van der Waals surface area contributed by atoms with E-state index in [1.165, 1.54) is 0 Å². The zero-order valence-corrected chi connectivity index (χ0v) is 24.4. The lowest BCUT2D eigenvalue weighted by Gasteiger charge is -2.31. The summed E-state index contributed by atoms with van der Waals surface area (Å²) < 4.78 is 31.0. The Morgan fingerprint density at radius 3 is 2.10 bits per heavy atom. The molecule has 1 aliphatic heterocycles. The summed E-state index contributed by atoms with van der Waals surface area (Å²) in [6.07, 6.45) is -1.17. The van der Waals surface area contributed by atoms with E-state index in [1.807, 2.05) is 112 Å². The number of ether oxygens (including phenoxy) is 5. The summed E-state index contributed by atoms with van der Waals surface area (Å²) in [5.41, 5.74) is 2.67. The molecule has 0 amide bonds. The van der Waals surface area contributed by atoms with E-state index in [0.29, 0.717) is 18.9 Å². The van der Waals surface area contributed by atoms with Gasteiger partial charge in [0.15, 0.2) is 12.3 Å². The van der Waals surface area contributed by atoms with Gasteiger partial charge in [0.2, 0.25) is 0 Å². The predicted octanol–water partition coefficient (Wildman–Crippen LogP) is 5.90. The Bertz CT molecular complexity index is 1440. The fourth-order valence-electron chi connectivity index (χ4n) is 5.03. The molecule has 2 heterocycles. The quantitative estimate of drug-likeness (QED) is 0.223. The number of esters is 1. The van der Waals surface area contributed by atoms with Crippen LogP contribution in [0.2, 0.25) is 0 Å². The van der Waals surface area contributed by atoms with Gasteiger partial charge >= 0.3 is 5.97 Å². The molecule has 0 radical (unpaired) electrons. The Kier molecular flexibility index (Phi) is 9.49. The molecule has 5 atom stereocenters. The van der Waals surface area contributed by atoms with Crippen molar-refractivity contribution < 1.29 is 28.5 Å². The van der Waals surface area contributed by atoms with E-state index < -0.39 is 42.2 Å². The Morgan fingerprint density at radius 2 is 1.48 bits per heavy atom. The summed E-state index contributed by atoms with van der Waals surface area (Å²) in [5, 5.41) is 4.34. The number of methoxy groups -OCH3 is 1. The molecule has 220 valence electrons. The molecule has 8 nitrogen and oxygen atoms in total. The molecule has 42 heavy (non-hydrogen) atoms. The maximum atomic E-state index is 13.9. The van der Waals surface area contributed by atoms with E-state index in [9.17, 15) is 4.79 Å². The molecule has 0 bridgehead atoms. The highest BCUT2D eigenvalue weighted by molar-refractivity contribution is 5.92. The van der Waals surface area contributed by atoms with E-state index in [0.717, 1.165) is 22.0 Å². The molecule has 0 saturated carbocycles.